The van der Waals surface area contributed by atoms with Gasteiger partial charge in [-0.2, -0.15) is 0 Å². The highest BCUT2D eigenvalue weighted by Gasteiger charge is 2.52. The minimum absolute atomic E-state index is 0.371. The van der Waals surface area contributed by atoms with Crippen molar-refractivity contribution in [3.05, 3.63) is 54.7 Å². The summed E-state index contributed by atoms with van der Waals surface area (Å²) in [5.41, 5.74) is 2.01. The van der Waals surface area contributed by atoms with E-state index < -0.39 is 7.12 Å². The third-order valence-electron chi connectivity index (χ3n) is 5.97. The van der Waals surface area contributed by atoms with Crippen LogP contribution in [0.2, 0.25) is 0 Å². The molecular weight excluding hydrogens is 335 g/mol. The maximum atomic E-state index is 6.15. The average molecular weight is 356 g/mol. The highest BCUT2D eigenvalue weighted by atomic mass is 16.7. The highest BCUT2D eigenvalue weighted by molar-refractivity contribution is 6.61. The Bertz CT molecular complexity index is 1190. The first-order valence-corrected chi connectivity index (χ1v) is 9.28. The van der Waals surface area contributed by atoms with Crippen LogP contribution in [0.4, 0.5) is 0 Å². The van der Waals surface area contributed by atoms with Crippen LogP contribution in [0.3, 0.4) is 0 Å². The summed E-state index contributed by atoms with van der Waals surface area (Å²) >= 11 is 0. The van der Waals surface area contributed by atoms with E-state index in [1.165, 1.54) is 10.8 Å². The topological polar surface area (TPSA) is 44.2 Å². The van der Waals surface area contributed by atoms with Gasteiger partial charge in [-0.15, -0.1) is 0 Å². The van der Waals surface area contributed by atoms with Gasteiger partial charge in [0, 0.05) is 17.0 Å². The third-order valence-corrected chi connectivity index (χ3v) is 5.97. The molecule has 2 aromatic heterocycles. The monoisotopic (exact) mass is 356 g/mol. The quantitative estimate of drug-likeness (QED) is 0.378. The summed E-state index contributed by atoms with van der Waals surface area (Å²) in [4.78, 5) is 9.31. The second kappa shape index (κ2) is 5.50. The van der Waals surface area contributed by atoms with Gasteiger partial charge in [0.05, 0.1) is 27.8 Å². The normalized spacial score (nSPS) is 18.6. The smallest absolute Gasteiger partial charge is 0.398 e. The van der Waals surface area contributed by atoms with Crippen LogP contribution < -0.4 is 5.59 Å². The van der Waals surface area contributed by atoms with Gasteiger partial charge in [0.2, 0.25) is 0 Å². The van der Waals surface area contributed by atoms with E-state index in [0.29, 0.717) is 0 Å². The van der Waals surface area contributed by atoms with Gasteiger partial charge in [0.15, 0.2) is 0 Å². The molecule has 1 fully saturated rings. The molecule has 27 heavy (non-hydrogen) atoms. The van der Waals surface area contributed by atoms with Crippen LogP contribution in [0.25, 0.3) is 32.6 Å². The number of rotatable bonds is 1. The molecule has 0 radical (unpaired) electrons. The van der Waals surface area contributed by atoms with E-state index in [2.05, 4.69) is 69.1 Å². The van der Waals surface area contributed by atoms with Gasteiger partial charge in [-0.05, 0) is 62.7 Å². The van der Waals surface area contributed by atoms with E-state index in [4.69, 9.17) is 14.3 Å². The van der Waals surface area contributed by atoms with Gasteiger partial charge < -0.3 is 9.31 Å². The Morgan fingerprint density at radius 2 is 1.30 bits per heavy atom. The Morgan fingerprint density at radius 3 is 2.00 bits per heavy atom. The fourth-order valence-electron chi connectivity index (χ4n) is 3.69. The summed E-state index contributed by atoms with van der Waals surface area (Å²) in [6.07, 6.45) is 1.83. The second-order valence-electron chi connectivity index (χ2n) is 8.19. The van der Waals surface area contributed by atoms with Gasteiger partial charge in [0.25, 0.3) is 0 Å². The van der Waals surface area contributed by atoms with Crippen LogP contribution in [-0.4, -0.2) is 28.3 Å². The van der Waals surface area contributed by atoms with Crippen LogP contribution in [-0.2, 0) is 9.31 Å². The first-order valence-electron chi connectivity index (χ1n) is 9.28. The fraction of sp³-hybridized carbons (Fsp3) is 0.273. The lowest BCUT2D eigenvalue weighted by Gasteiger charge is -2.32. The van der Waals surface area contributed by atoms with Gasteiger partial charge >= 0.3 is 7.12 Å². The number of pyridine rings is 2. The van der Waals surface area contributed by atoms with Crippen molar-refractivity contribution < 1.29 is 9.31 Å². The van der Waals surface area contributed by atoms with E-state index in [1.807, 2.05) is 18.3 Å². The van der Waals surface area contributed by atoms with Crippen molar-refractivity contribution in [3.63, 3.8) is 0 Å². The molecule has 4 nitrogen and oxygen atoms in total. The van der Waals surface area contributed by atoms with E-state index in [1.54, 1.807) is 0 Å². The van der Waals surface area contributed by atoms with E-state index in [0.717, 1.165) is 27.4 Å². The standard InChI is InChI=1S/C22H21BN2O2/c1-21(2)22(3,4)27-23(26-21)20-12-9-17-15-7-10-18-16(6-5-13-24-18)14(15)8-11-19(17)25-20/h5-13H,1-4H3. The molecule has 1 saturated heterocycles. The van der Waals surface area contributed by atoms with Crippen molar-refractivity contribution in [2.45, 2.75) is 38.9 Å². The zero-order valence-electron chi connectivity index (χ0n) is 16.0. The number of nitrogens with zero attached hydrogens (tertiary/aromatic N) is 2. The van der Waals surface area contributed by atoms with Crippen molar-refractivity contribution in [2.24, 2.45) is 0 Å². The summed E-state index contributed by atoms with van der Waals surface area (Å²) in [5, 5.41) is 4.66. The number of hydrogen-bond acceptors (Lipinski definition) is 4. The third kappa shape index (κ3) is 2.46. The predicted molar refractivity (Wildman–Crippen MR) is 110 cm³/mol. The van der Waals surface area contributed by atoms with Crippen LogP contribution in [0.5, 0.6) is 0 Å². The van der Waals surface area contributed by atoms with Crippen LogP contribution >= 0.6 is 0 Å². The maximum absolute atomic E-state index is 6.15. The molecule has 0 bridgehead atoms. The molecule has 3 heterocycles. The zero-order valence-corrected chi connectivity index (χ0v) is 16.0. The Morgan fingerprint density at radius 1 is 0.704 bits per heavy atom. The molecule has 0 aliphatic carbocycles. The maximum Gasteiger partial charge on any atom is 0.514 e. The van der Waals surface area contributed by atoms with Crippen molar-refractivity contribution in [1.82, 2.24) is 9.97 Å². The minimum atomic E-state index is -0.448. The van der Waals surface area contributed by atoms with E-state index in [9.17, 15) is 0 Å². The molecule has 0 atom stereocenters. The Hall–Kier alpha value is -2.50. The lowest BCUT2D eigenvalue weighted by Crippen LogP contribution is -2.41. The molecule has 1 aliphatic heterocycles. The molecule has 2 aromatic carbocycles. The molecule has 5 rings (SSSR count). The highest BCUT2D eigenvalue weighted by Crippen LogP contribution is 2.36. The Kier molecular flexibility index (Phi) is 3.40. The number of fused-ring (bicyclic) bond motifs is 5. The first-order chi connectivity index (χ1) is 12.9. The minimum Gasteiger partial charge on any atom is -0.398 e. The predicted octanol–water partition coefficient (Wildman–Crippen LogP) is 4.24. The van der Waals surface area contributed by atoms with E-state index in [-0.39, 0.29) is 11.2 Å². The van der Waals surface area contributed by atoms with Gasteiger partial charge in [-0.3, -0.25) is 9.97 Å². The number of aromatic nitrogens is 2. The Balaban J connectivity index is 1.65. The molecule has 1 aliphatic rings. The van der Waals surface area contributed by atoms with Crippen LogP contribution in [0.1, 0.15) is 27.7 Å². The lowest BCUT2D eigenvalue weighted by atomic mass is 9.83. The van der Waals surface area contributed by atoms with Crippen molar-refractivity contribution in [2.75, 3.05) is 0 Å². The van der Waals surface area contributed by atoms with Crippen LogP contribution in [0.15, 0.2) is 54.7 Å². The molecule has 134 valence electrons. The molecule has 5 heteroatoms. The Labute approximate surface area is 158 Å². The lowest BCUT2D eigenvalue weighted by molar-refractivity contribution is 0.00578. The number of hydrogen-bond donors (Lipinski definition) is 0. The molecule has 0 unspecified atom stereocenters. The molecule has 0 saturated carbocycles. The first kappa shape index (κ1) is 16.7. The molecular formula is C22H21BN2O2. The van der Waals surface area contributed by atoms with Gasteiger partial charge in [-0.1, -0.05) is 24.3 Å². The molecule has 0 spiro atoms. The summed E-state index contributed by atoms with van der Waals surface area (Å²) in [7, 11) is -0.448. The largest absolute Gasteiger partial charge is 0.514 e. The summed E-state index contributed by atoms with van der Waals surface area (Å²) in [5.74, 6) is 0. The molecule has 0 amide bonds. The molecule has 4 aromatic rings. The summed E-state index contributed by atoms with van der Waals surface area (Å²) < 4.78 is 12.3. The second-order valence-corrected chi connectivity index (χ2v) is 8.19. The molecule has 0 N–H and O–H groups in total. The zero-order chi connectivity index (χ0) is 18.8. The van der Waals surface area contributed by atoms with E-state index >= 15 is 0 Å². The van der Waals surface area contributed by atoms with Crippen molar-refractivity contribution >= 4 is 45.3 Å². The summed E-state index contributed by atoms with van der Waals surface area (Å²) in [6.45, 7) is 8.23. The van der Waals surface area contributed by atoms with Crippen molar-refractivity contribution in [3.8, 4) is 0 Å². The fourth-order valence-corrected chi connectivity index (χ4v) is 3.69. The SMILES string of the molecule is CC1(C)OB(c2ccc3c(ccc4c5cccnc5ccc34)n2)OC1(C)C. The van der Waals surface area contributed by atoms with Gasteiger partial charge in [-0.25, -0.2) is 0 Å². The van der Waals surface area contributed by atoms with Gasteiger partial charge in [0.1, 0.15) is 0 Å². The number of benzene rings is 2. The van der Waals surface area contributed by atoms with Crippen LogP contribution in [0, 0.1) is 0 Å². The summed E-state index contributed by atoms with van der Waals surface area (Å²) in [6, 6.07) is 16.6. The average Bonchev–Trinajstić information content (AvgIpc) is 2.88. The van der Waals surface area contributed by atoms with Crippen molar-refractivity contribution in [1.29, 1.82) is 0 Å².